The Kier molecular flexibility index (Phi) is 8.97. The van der Waals surface area contributed by atoms with E-state index in [1.807, 2.05) is 12.1 Å². The molecule has 0 unspecified atom stereocenters. The number of nitrogens with zero attached hydrogens (tertiary/aromatic N) is 2. The molecule has 35 heavy (non-hydrogen) atoms. The highest BCUT2D eigenvalue weighted by Gasteiger charge is 2.24. The van der Waals surface area contributed by atoms with Gasteiger partial charge in [-0.25, -0.2) is 13.8 Å². The SMILES string of the molecule is COc1ccc(Cl)cc1N(CC(=O)N/N=C\c1ccc(OCc2ccc(Cl)cc2)cc1)S(C)(=O)=O. The predicted molar refractivity (Wildman–Crippen MR) is 138 cm³/mol. The van der Waals surface area contributed by atoms with E-state index in [1.165, 1.54) is 25.5 Å². The van der Waals surface area contributed by atoms with E-state index in [2.05, 4.69) is 10.5 Å². The Labute approximate surface area is 214 Å². The quantitative estimate of drug-likeness (QED) is 0.304. The average molecular weight is 536 g/mol. The first kappa shape index (κ1) is 26.3. The zero-order valence-electron chi connectivity index (χ0n) is 18.9. The Balaban J connectivity index is 1.58. The monoisotopic (exact) mass is 535 g/mol. The highest BCUT2D eigenvalue weighted by Crippen LogP contribution is 2.32. The van der Waals surface area contributed by atoms with Crippen LogP contribution in [0.2, 0.25) is 10.0 Å². The second-order valence-corrected chi connectivity index (χ2v) is 10.1. The molecule has 0 saturated heterocycles. The molecule has 0 aliphatic carbocycles. The molecule has 0 heterocycles. The van der Waals surface area contributed by atoms with Gasteiger partial charge >= 0.3 is 0 Å². The van der Waals surface area contributed by atoms with Crippen molar-refractivity contribution >= 4 is 51.0 Å². The van der Waals surface area contributed by atoms with Crippen molar-refractivity contribution in [2.75, 3.05) is 24.2 Å². The fourth-order valence-corrected chi connectivity index (χ4v) is 4.13. The normalized spacial score (nSPS) is 11.3. The van der Waals surface area contributed by atoms with E-state index in [9.17, 15) is 13.2 Å². The van der Waals surface area contributed by atoms with E-state index >= 15 is 0 Å². The van der Waals surface area contributed by atoms with E-state index in [0.29, 0.717) is 28.0 Å². The first-order chi connectivity index (χ1) is 16.7. The van der Waals surface area contributed by atoms with Crippen LogP contribution in [0.25, 0.3) is 0 Å². The maximum absolute atomic E-state index is 12.4. The third kappa shape index (κ3) is 7.88. The largest absolute Gasteiger partial charge is 0.495 e. The number of nitrogens with one attached hydrogen (secondary N) is 1. The number of hydrazone groups is 1. The summed E-state index contributed by atoms with van der Waals surface area (Å²) in [5.41, 5.74) is 4.18. The number of rotatable bonds is 10. The van der Waals surface area contributed by atoms with Gasteiger partial charge in [0, 0.05) is 10.0 Å². The van der Waals surface area contributed by atoms with Gasteiger partial charge in [-0.1, -0.05) is 35.3 Å². The van der Waals surface area contributed by atoms with Gasteiger partial charge in [-0.05, 0) is 65.7 Å². The fourth-order valence-electron chi connectivity index (χ4n) is 2.98. The standard InChI is InChI=1S/C24H23Cl2N3O5S/c1-33-23-12-9-20(26)13-22(23)29(35(2,31)32)15-24(30)28-27-14-17-5-10-21(11-6-17)34-16-18-3-7-19(25)8-4-18/h3-14H,15-16H2,1-2H3,(H,28,30)/b27-14-. The zero-order valence-corrected chi connectivity index (χ0v) is 21.3. The van der Waals surface area contributed by atoms with E-state index < -0.39 is 22.5 Å². The molecule has 184 valence electrons. The van der Waals surface area contributed by atoms with Crippen LogP contribution in [-0.2, 0) is 21.4 Å². The summed E-state index contributed by atoms with van der Waals surface area (Å²) in [7, 11) is -2.42. The van der Waals surface area contributed by atoms with Crippen molar-refractivity contribution in [3.8, 4) is 11.5 Å². The number of hydrogen-bond donors (Lipinski definition) is 1. The number of methoxy groups -OCH3 is 1. The lowest BCUT2D eigenvalue weighted by atomic mass is 10.2. The number of benzene rings is 3. The maximum Gasteiger partial charge on any atom is 0.260 e. The average Bonchev–Trinajstić information content (AvgIpc) is 2.82. The smallest absolute Gasteiger partial charge is 0.260 e. The highest BCUT2D eigenvalue weighted by molar-refractivity contribution is 7.92. The highest BCUT2D eigenvalue weighted by atomic mass is 35.5. The lowest BCUT2D eigenvalue weighted by Gasteiger charge is -2.23. The minimum Gasteiger partial charge on any atom is -0.495 e. The summed E-state index contributed by atoms with van der Waals surface area (Å²) in [4.78, 5) is 12.4. The molecule has 0 aliphatic heterocycles. The van der Waals surface area contributed by atoms with Gasteiger partial charge in [0.2, 0.25) is 10.0 Å². The van der Waals surface area contributed by atoms with Crippen molar-refractivity contribution in [2.45, 2.75) is 6.61 Å². The molecule has 3 aromatic carbocycles. The molecule has 0 aliphatic rings. The van der Waals surface area contributed by atoms with Crippen LogP contribution in [0.3, 0.4) is 0 Å². The Bertz CT molecular complexity index is 1300. The maximum atomic E-state index is 12.4. The van der Waals surface area contributed by atoms with Gasteiger partial charge in [-0.2, -0.15) is 5.10 Å². The van der Waals surface area contributed by atoms with Gasteiger partial charge in [0.1, 0.15) is 24.7 Å². The molecule has 1 amide bonds. The molecular formula is C24H23Cl2N3O5S. The summed E-state index contributed by atoms with van der Waals surface area (Å²) in [6.07, 6.45) is 2.42. The molecule has 0 aromatic heterocycles. The van der Waals surface area contributed by atoms with Crippen LogP contribution in [0.5, 0.6) is 11.5 Å². The number of halogens is 2. The van der Waals surface area contributed by atoms with Gasteiger partial charge in [-0.15, -0.1) is 0 Å². The second kappa shape index (κ2) is 11.9. The third-order valence-corrected chi connectivity index (χ3v) is 6.31. The van der Waals surface area contributed by atoms with Crippen LogP contribution in [0, 0.1) is 0 Å². The van der Waals surface area contributed by atoms with Gasteiger partial charge in [0.25, 0.3) is 5.91 Å². The van der Waals surface area contributed by atoms with E-state index in [0.717, 1.165) is 16.1 Å². The summed E-state index contributed by atoms with van der Waals surface area (Å²) in [5, 5.41) is 4.87. The molecule has 0 saturated carbocycles. The molecule has 0 spiro atoms. The van der Waals surface area contributed by atoms with Gasteiger partial charge in [-0.3, -0.25) is 9.10 Å². The molecule has 8 nitrogen and oxygen atoms in total. The molecule has 0 fully saturated rings. The molecule has 0 bridgehead atoms. The zero-order chi connectivity index (χ0) is 25.4. The summed E-state index contributed by atoms with van der Waals surface area (Å²) in [6, 6.07) is 19.0. The topological polar surface area (TPSA) is 97.3 Å². The first-order valence-corrected chi connectivity index (χ1v) is 12.9. The summed E-state index contributed by atoms with van der Waals surface area (Å²) in [6.45, 7) is -0.112. The van der Waals surface area contributed by atoms with Crippen molar-refractivity contribution in [3.63, 3.8) is 0 Å². The van der Waals surface area contributed by atoms with Crippen LogP contribution >= 0.6 is 23.2 Å². The molecule has 0 radical (unpaired) electrons. The number of amides is 1. The van der Waals surface area contributed by atoms with Gasteiger partial charge in [0.15, 0.2) is 0 Å². The lowest BCUT2D eigenvalue weighted by Crippen LogP contribution is -2.39. The third-order valence-electron chi connectivity index (χ3n) is 4.70. The second-order valence-electron chi connectivity index (χ2n) is 7.36. The minimum atomic E-state index is -3.81. The molecule has 3 aromatic rings. The number of carbonyl (C=O) groups excluding carboxylic acids is 1. The predicted octanol–water partition coefficient (Wildman–Crippen LogP) is 4.50. The molecule has 1 N–H and O–H groups in total. The van der Waals surface area contributed by atoms with Gasteiger partial charge < -0.3 is 9.47 Å². The van der Waals surface area contributed by atoms with Crippen molar-refractivity contribution < 1.29 is 22.7 Å². The number of ether oxygens (including phenoxy) is 2. The van der Waals surface area contributed by atoms with Crippen LogP contribution in [0.15, 0.2) is 71.8 Å². The van der Waals surface area contributed by atoms with Crippen molar-refractivity contribution in [3.05, 3.63) is 87.9 Å². The van der Waals surface area contributed by atoms with Crippen molar-refractivity contribution in [1.29, 1.82) is 0 Å². The van der Waals surface area contributed by atoms with Crippen molar-refractivity contribution in [1.82, 2.24) is 5.43 Å². The Morgan fingerprint density at radius 3 is 2.31 bits per heavy atom. The van der Waals surface area contributed by atoms with Gasteiger partial charge in [0.05, 0.1) is 25.3 Å². The van der Waals surface area contributed by atoms with E-state index in [4.69, 9.17) is 32.7 Å². The van der Waals surface area contributed by atoms with Crippen LogP contribution in [0.4, 0.5) is 5.69 Å². The Morgan fingerprint density at radius 2 is 1.69 bits per heavy atom. The summed E-state index contributed by atoms with van der Waals surface area (Å²) < 4.78 is 36.5. The van der Waals surface area contributed by atoms with Crippen LogP contribution in [-0.4, -0.2) is 40.4 Å². The molecule has 0 atom stereocenters. The number of anilines is 1. The van der Waals surface area contributed by atoms with E-state index in [1.54, 1.807) is 42.5 Å². The number of hydrogen-bond acceptors (Lipinski definition) is 6. The lowest BCUT2D eigenvalue weighted by molar-refractivity contribution is -0.119. The molecule has 3 rings (SSSR count). The Hall–Kier alpha value is -3.27. The molecule has 11 heteroatoms. The van der Waals surface area contributed by atoms with Crippen molar-refractivity contribution in [2.24, 2.45) is 5.10 Å². The summed E-state index contributed by atoms with van der Waals surface area (Å²) in [5.74, 6) is 0.284. The minimum absolute atomic E-state index is 0.149. The molecular weight excluding hydrogens is 513 g/mol. The van der Waals surface area contributed by atoms with E-state index in [-0.39, 0.29) is 11.4 Å². The summed E-state index contributed by atoms with van der Waals surface area (Å²) >= 11 is 11.9. The van der Waals surface area contributed by atoms with Crippen LogP contribution < -0.4 is 19.2 Å². The Morgan fingerprint density at radius 1 is 1.03 bits per heavy atom. The van der Waals surface area contributed by atoms with Crippen LogP contribution in [0.1, 0.15) is 11.1 Å². The number of sulfonamides is 1. The number of carbonyl (C=O) groups is 1. The first-order valence-electron chi connectivity index (χ1n) is 10.3. The fraction of sp³-hybridized carbons (Fsp3) is 0.167.